The molecule has 7 heteroatoms. The van der Waals surface area contributed by atoms with Crippen molar-refractivity contribution in [2.45, 2.75) is 36.2 Å². The van der Waals surface area contributed by atoms with Crippen molar-refractivity contribution in [2.75, 3.05) is 5.43 Å². The van der Waals surface area contributed by atoms with Gasteiger partial charge in [0.1, 0.15) is 21.7 Å². The minimum Gasteiger partial charge on any atom is -0.308 e. The van der Waals surface area contributed by atoms with Gasteiger partial charge in [0.05, 0.1) is 4.47 Å². The molecule has 2 rings (SSSR count). The molecule has 2 aromatic rings. The van der Waals surface area contributed by atoms with E-state index in [0.29, 0.717) is 5.82 Å². The molecule has 0 aliphatic carbocycles. The molecule has 0 aliphatic heterocycles. The molecule has 0 saturated heterocycles. The summed E-state index contributed by atoms with van der Waals surface area (Å²) in [5.74, 6) is 6.81. The smallest absolute Gasteiger partial charge is 0.144 e. The van der Waals surface area contributed by atoms with Gasteiger partial charge in [0.2, 0.25) is 0 Å². The number of nitrogen functional groups attached to an aromatic ring is 1. The SMILES string of the molecule is CC(C)(C)c1nc(NN)cc(Sc2ncccc2Br)n1. The molecule has 0 saturated carbocycles. The molecule has 0 aromatic carbocycles. The third kappa shape index (κ3) is 3.68. The Morgan fingerprint density at radius 1 is 1.30 bits per heavy atom. The van der Waals surface area contributed by atoms with E-state index in [-0.39, 0.29) is 5.41 Å². The number of rotatable bonds is 3. The third-order valence-electron chi connectivity index (χ3n) is 2.45. The van der Waals surface area contributed by atoms with E-state index in [9.17, 15) is 0 Å². The van der Waals surface area contributed by atoms with E-state index in [1.54, 1.807) is 12.3 Å². The monoisotopic (exact) mass is 353 g/mol. The van der Waals surface area contributed by atoms with Gasteiger partial charge >= 0.3 is 0 Å². The molecule has 0 atom stereocenters. The fourth-order valence-electron chi connectivity index (χ4n) is 1.43. The Kier molecular flexibility index (Phi) is 4.62. The Labute approximate surface area is 130 Å². The standard InChI is InChI=1S/C13H16BrN5S/c1-13(2,3)12-17-9(19-15)7-10(18-12)20-11-8(14)5-4-6-16-11/h4-7H,15H2,1-3H3,(H,17,18,19). The fraction of sp³-hybridized carbons (Fsp3) is 0.308. The van der Waals surface area contributed by atoms with Gasteiger partial charge in [0, 0.05) is 17.7 Å². The molecule has 20 heavy (non-hydrogen) atoms. The zero-order valence-corrected chi connectivity index (χ0v) is 13.9. The van der Waals surface area contributed by atoms with Crippen LogP contribution in [0.25, 0.3) is 0 Å². The lowest BCUT2D eigenvalue weighted by Crippen LogP contribution is -2.19. The van der Waals surface area contributed by atoms with Crippen LogP contribution in [-0.4, -0.2) is 15.0 Å². The zero-order valence-electron chi connectivity index (χ0n) is 11.5. The molecule has 3 N–H and O–H groups in total. The number of hydrogen-bond acceptors (Lipinski definition) is 6. The van der Waals surface area contributed by atoms with Crippen LogP contribution in [0.5, 0.6) is 0 Å². The predicted octanol–water partition coefficient (Wildman–Crippen LogP) is 3.37. The first-order valence-electron chi connectivity index (χ1n) is 6.04. The maximum absolute atomic E-state index is 5.48. The normalized spacial score (nSPS) is 11.4. The molecule has 2 aromatic heterocycles. The first-order chi connectivity index (χ1) is 9.40. The summed E-state index contributed by atoms with van der Waals surface area (Å²) in [7, 11) is 0. The Hall–Kier alpha value is -1.18. The molecular formula is C13H16BrN5S. The summed E-state index contributed by atoms with van der Waals surface area (Å²) in [5, 5.41) is 1.66. The van der Waals surface area contributed by atoms with Gasteiger partial charge in [-0.25, -0.2) is 20.8 Å². The third-order valence-corrected chi connectivity index (χ3v) is 4.29. The average molecular weight is 354 g/mol. The van der Waals surface area contributed by atoms with Crippen LogP contribution in [-0.2, 0) is 5.41 Å². The van der Waals surface area contributed by atoms with Gasteiger partial charge in [-0.15, -0.1) is 0 Å². The zero-order chi connectivity index (χ0) is 14.8. The van der Waals surface area contributed by atoms with Crippen LogP contribution in [0.3, 0.4) is 0 Å². The summed E-state index contributed by atoms with van der Waals surface area (Å²) in [6, 6.07) is 5.63. The van der Waals surface area contributed by atoms with Gasteiger partial charge < -0.3 is 5.43 Å². The number of hydrazine groups is 1. The molecule has 0 unspecified atom stereocenters. The number of anilines is 1. The highest BCUT2D eigenvalue weighted by Crippen LogP contribution is 2.32. The van der Waals surface area contributed by atoms with Gasteiger partial charge in [-0.1, -0.05) is 20.8 Å². The van der Waals surface area contributed by atoms with Crippen LogP contribution in [0.2, 0.25) is 0 Å². The van der Waals surface area contributed by atoms with Gasteiger partial charge in [-0.05, 0) is 39.8 Å². The second-order valence-corrected chi connectivity index (χ2v) is 7.07. The minimum atomic E-state index is -0.149. The number of nitrogens with two attached hydrogens (primary N) is 1. The molecule has 5 nitrogen and oxygen atoms in total. The molecule has 0 radical (unpaired) electrons. The van der Waals surface area contributed by atoms with E-state index in [1.165, 1.54) is 11.8 Å². The van der Waals surface area contributed by atoms with E-state index in [4.69, 9.17) is 5.84 Å². The lowest BCUT2D eigenvalue weighted by atomic mass is 9.96. The predicted molar refractivity (Wildman–Crippen MR) is 84.6 cm³/mol. The lowest BCUT2D eigenvalue weighted by Gasteiger charge is -2.18. The highest BCUT2D eigenvalue weighted by Gasteiger charge is 2.19. The summed E-state index contributed by atoms with van der Waals surface area (Å²) in [6.45, 7) is 6.19. The van der Waals surface area contributed by atoms with Gasteiger partial charge in [-0.2, -0.15) is 0 Å². The molecule has 0 fully saturated rings. The summed E-state index contributed by atoms with van der Waals surface area (Å²) < 4.78 is 0.933. The fourth-order valence-corrected chi connectivity index (χ4v) is 2.71. The second-order valence-electron chi connectivity index (χ2n) is 5.20. The molecule has 106 valence electrons. The Morgan fingerprint density at radius 2 is 2.05 bits per heavy atom. The van der Waals surface area contributed by atoms with Crippen molar-refractivity contribution in [3.05, 3.63) is 34.7 Å². The minimum absolute atomic E-state index is 0.149. The van der Waals surface area contributed by atoms with Crippen molar-refractivity contribution in [1.29, 1.82) is 0 Å². The van der Waals surface area contributed by atoms with Crippen LogP contribution in [0, 0.1) is 0 Å². The molecule has 2 heterocycles. The van der Waals surface area contributed by atoms with Crippen molar-refractivity contribution in [1.82, 2.24) is 15.0 Å². The molecule has 0 bridgehead atoms. The Bertz CT molecular complexity index is 612. The Morgan fingerprint density at radius 3 is 2.65 bits per heavy atom. The first-order valence-corrected chi connectivity index (χ1v) is 7.65. The van der Waals surface area contributed by atoms with Crippen LogP contribution < -0.4 is 11.3 Å². The van der Waals surface area contributed by atoms with E-state index >= 15 is 0 Å². The van der Waals surface area contributed by atoms with Gasteiger partial charge in [0.25, 0.3) is 0 Å². The number of nitrogens with zero attached hydrogens (tertiary/aromatic N) is 3. The van der Waals surface area contributed by atoms with Crippen molar-refractivity contribution in [3.8, 4) is 0 Å². The summed E-state index contributed by atoms with van der Waals surface area (Å²) in [6.07, 6.45) is 1.75. The Balaban J connectivity index is 2.39. The number of hydrogen-bond donors (Lipinski definition) is 2. The van der Waals surface area contributed by atoms with Crippen LogP contribution in [0.4, 0.5) is 5.82 Å². The highest BCUT2D eigenvalue weighted by atomic mass is 79.9. The number of pyridine rings is 1. The second kappa shape index (κ2) is 6.07. The quantitative estimate of drug-likeness (QED) is 0.500. The molecule has 0 amide bonds. The summed E-state index contributed by atoms with van der Waals surface area (Å²) in [5.41, 5.74) is 2.43. The largest absolute Gasteiger partial charge is 0.308 e. The van der Waals surface area contributed by atoms with Crippen molar-refractivity contribution < 1.29 is 0 Å². The summed E-state index contributed by atoms with van der Waals surface area (Å²) in [4.78, 5) is 13.3. The van der Waals surface area contributed by atoms with E-state index in [0.717, 1.165) is 20.3 Å². The van der Waals surface area contributed by atoms with E-state index < -0.39 is 0 Å². The average Bonchev–Trinajstić information content (AvgIpc) is 2.40. The van der Waals surface area contributed by atoms with Gasteiger partial charge in [-0.3, -0.25) is 0 Å². The van der Waals surface area contributed by atoms with Crippen molar-refractivity contribution >= 4 is 33.5 Å². The maximum atomic E-state index is 5.48. The summed E-state index contributed by atoms with van der Waals surface area (Å²) >= 11 is 4.95. The van der Waals surface area contributed by atoms with Crippen molar-refractivity contribution in [3.63, 3.8) is 0 Å². The molecule has 0 spiro atoms. The number of halogens is 1. The lowest BCUT2D eigenvalue weighted by molar-refractivity contribution is 0.539. The van der Waals surface area contributed by atoms with Crippen molar-refractivity contribution in [2.24, 2.45) is 5.84 Å². The van der Waals surface area contributed by atoms with Crippen LogP contribution in [0.1, 0.15) is 26.6 Å². The van der Waals surface area contributed by atoms with Gasteiger partial charge in [0.15, 0.2) is 0 Å². The molecular weight excluding hydrogens is 338 g/mol. The van der Waals surface area contributed by atoms with E-state index in [2.05, 4.69) is 57.1 Å². The van der Waals surface area contributed by atoms with Crippen LogP contribution >= 0.6 is 27.7 Å². The maximum Gasteiger partial charge on any atom is 0.144 e. The van der Waals surface area contributed by atoms with Crippen LogP contribution in [0.15, 0.2) is 38.9 Å². The highest BCUT2D eigenvalue weighted by molar-refractivity contribution is 9.10. The topological polar surface area (TPSA) is 76.7 Å². The first kappa shape index (κ1) is 15.2. The number of aromatic nitrogens is 3. The number of nitrogens with one attached hydrogen (secondary N) is 1. The molecule has 0 aliphatic rings. The van der Waals surface area contributed by atoms with E-state index in [1.807, 2.05) is 12.1 Å².